The molecular weight excluding hydrogens is 967 g/mol. The van der Waals surface area contributed by atoms with Crippen molar-refractivity contribution in [1.82, 2.24) is 4.40 Å². The number of anilines is 6. The third kappa shape index (κ3) is 7.61. The molecule has 3 heteroatoms. The summed E-state index contributed by atoms with van der Waals surface area (Å²) < 4.78 is 2.60. The first-order valence-corrected chi connectivity index (χ1v) is 28.5. The molecule has 0 bridgehead atoms. The van der Waals surface area contributed by atoms with Gasteiger partial charge < -0.3 is 14.2 Å². The summed E-state index contributed by atoms with van der Waals surface area (Å²) in [6.45, 7) is 20.7. The maximum absolute atomic E-state index is 2.60. The van der Waals surface area contributed by atoms with Crippen molar-refractivity contribution in [3.05, 3.63) is 282 Å². The van der Waals surface area contributed by atoms with Crippen LogP contribution in [-0.4, -0.2) is 4.40 Å². The summed E-state index contributed by atoms with van der Waals surface area (Å²) in [4.78, 5) is 4.91. The molecule has 13 aromatic rings. The van der Waals surface area contributed by atoms with Crippen LogP contribution in [0.1, 0.15) is 101 Å². The average Bonchev–Trinajstić information content (AvgIpc) is 2.41. The lowest BCUT2D eigenvalue weighted by Gasteiger charge is -2.35. The largest absolute Gasteiger partial charge is 0.310 e. The monoisotopic (exact) mass is 1030 g/mol. The molecule has 14 rings (SSSR count). The fourth-order valence-electron chi connectivity index (χ4n) is 13.4. The highest BCUT2D eigenvalue weighted by molar-refractivity contribution is 6.29. The van der Waals surface area contributed by atoms with Crippen LogP contribution in [0.5, 0.6) is 0 Å². The number of hydrogen-bond acceptors (Lipinski definition) is 2. The van der Waals surface area contributed by atoms with Gasteiger partial charge in [-0.3, -0.25) is 0 Å². The minimum Gasteiger partial charge on any atom is -0.310 e. The Balaban J connectivity index is 1.06. The summed E-state index contributed by atoms with van der Waals surface area (Å²) in [6, 6.07) is 91.9. The third-order valence-electron chi connectivity index (χ3n) is 17.4. The van der Waals surface area contributed by atoms with E-state index in [2.05, 4.69) is 319 Å². The van der Waals surface area contributed by atoms with Crippen molar-refractivity contribution >= 4 is 83.0 Å². The summed E-state index contributed by atoms with van der Waals surface area (Å²) in [7, 11) is 0. The Labute approximate surface area is 471 Å². The first-order chi connectivity index (χ1) is 38.6. The second-order valence-corrected chi connectivity index (χ2v) is 25.4. The van der Waals surface area contributed by atoms with Crippen LogP contribution < -0.4 is 9.80 Å². The van der Waals surface area contributed by atoms with Crippen LogP contribution in [0.2, 0.25) is 0 Å². The van der Waals surface area contributed by atoms with E-state index in [0.29, 0.717) is 0 Å². The van der Waals surface area contributed by atoms with Crippen molar-refractivity contribution in [1.29, 1.82) is 0 Å². The lowest BCUT2D eigenvalue weighted by molar-refractivity contribution is 0.590. The molecule has 0 aliphatic heterocycles. The maximum atomic E-state index is 2.60. The molecule has 0 atom stereocenters. The highest BCUT2D eigenvalue weighted by atomic mass is 15.2. The van der Waals surface area contributed by atoms with Crippen molar-refractivity contribution in [3.8, 4) is 11.1 Å². The summed E-state index contributed by atoms with van der Waals surface area (Å²) in [5.74, 6) is 0. The van der Waals surface area contributed by atoms with Crippen molar-refractivity contribution < 1.29 is 0 Å². The molecule has 0 saturated carbocycles. The lowest BCUT2D eigenvalue weighted by Crippen LogP contribution is -2.29. The Morgan fingerprint density at radius 2 is 0.825 bits per heavy atom. The average molecular weight is 1030 g/mol. The number of para-hydroxylation sites is 2. The summed E-state index contributed by atoms with van der Waals surface area (Å²) >= 11 is 0. The number of benzene rings is 11. The molecule has 11 aromatic carbocycles. The minimum absolute atomic E-state index is 0.0342. The Hall–Kier alpha value is -8.92. The van der Waals surface area contributed by atoms with Crippen LogP contribution in [0, 0.1) is 0 Å². The highest BCUT2D eigenvalue weighted by Crippen LogP contribution is 2.60. The van der Waals surface area contributed by atoms with Gasteiger partial charge in [-0.1, -0.05) is 214 Å². The number of aromatic nitrogens is 1. The fourth-order valence-corrected chi connectivity index (χ4v) is 13.4. The molecule has 2 heterocycles. The molecule has 3 nitrogen and oxygen atoms in total. The van der Waals surface area contributed by atoms with Crippen LogP contribution in [-0.2, 0) is 21.7 Å². The first kappa shape index (κ1) is 49.4. The molecule has 0 N–H and O–H groups in total. The van der Waals surface area contributed by atoms with Crippen LogP contribution in [0.3, 0.4) is 0 Å². The molecule has 1 aliphatic carbocycles. The van der Waals surface area contributed by atoms with Gasteiger partial charge >= 0.3 is 0 Å². The van der Waals surface area contributed by atoms with Gasteiger partial charge in [0.15, 0.2) is 0 Å². The molecule has 1 aliphatic rings. The van der Waals surface area contributed by atoms with Crippen molar-refractivity contribution in [3.63, 3.8) is 0 Å². The quantitative estimate of drug-likeness (QED) is 0.150. The molecule has 0 spiro atoms. The standard InChI is InChI=1S/C77H67N3/c1-74(2,3)51-31-36-58(37-32-51)78(56-26-18-12-19-27-56)60-40-42-61-62-41-30-50-46-65-63-43-45-69(79(57-28-20-13-21-29-57)59-38-33-52(34-39-59)75(4,5)6)71-66-47-55(76(7,8)9)35-44-68(66)80(73(63)71)70(65)49-64(50)72(62)77(67(61)48-60,53-22-14-10-15-23-53)54-24-16-11-17-25-54/h10-49H,1-9H3. The van der Waals surface area contributed by atoms with E-state index < -0.39 is 5.41 Å². The van der Waals surface area contributed by atoms with E-state index in [0.717, 1.165) is 28.4 Å². The van der Waals surface area contributed by atoms with E-state index in [4.69, 9.17) is 0 Å². The van der Waals surface area contributed by atoms with Gasteiger partial charge in [0.05, 0.1) is 27.7 Å². The molecule has 0 fully saturated rings. The smallest absolute Gasteiger partial charge is 0.0720 e. The van der Waals surface area contributed by atoms with Gasteiger partial charge in [-0.2, -0.15) is 0 Å². The van der Waals surface area contributed by atoms with Gasteiger partial charge in [-0.15, -0.1) is 0 Å². The van der Waals surface area contributed by atoms with Crippen LogP contribution in [0.25, 0.3) is 60.0 Å². The zero-order valence-electron chi connectivity index (χ0n) is 47.4. The molecular formula is C77H67N3. The molecule has 2 aromatic heterocycles. The lowest BCUT2D eigenvalue weighted by atomic mass is 9.66. The topological polar surface area (TPSA) is 10.9 Å². The predicted molar refractivity (Wildman–Crippen MR) is 341 cm³/mol. The summed E-state index contributed by atoms with van der Waals surface area (Å²) in [5, 5.41) is 7.52. The Morgan fingerprint density at radius 3 is 1.39 bits per heavy atom. The van der Waals surface area contributed by atoms with Gasteiger partial charge in [0.25, 0.3) is 0 Å². The minimum atomic E-state index is -0.678. The molecule has 0 saturated heterocycles. The van der Waals surface area contributed by atoms with E-state index in [1.54, 1.807) is 0 Å². The molecule has 0 amide bonds. The molecule has 390 valence electrons. The van der Waals surface area contributed by atoms with Gasteiger partial charge in [0.2, 0.25) is 0 Å². The van der Waals surface area contributed by atoms with Crippen molar-refractivity contribution in [2.45, 2.75) is 84.0 Å². The van der Waals surface area contributed by atoms with Crippen molar-refractivity contribution in [2.75, 3.05) is 9.80 Å². The van der Waals surface area contributed by atoms with Crippen LogP contribution in [0.15, 0.2) is 243 Å². The number of nitrogens with zero attached hydrogens (tertiary/aromatic N) is 3. The van der Waals surface area contributed by atoms with E-state index in [9.17, 15) is 0 Å². The maximum Gasteiger partial charge on any atom is 0.0720 e. The van der Waals surface area contributed by atoms with E-state index in [1.165, 1.54) is 105 Å². The zero-order valence-corrected chi connectivity index (χ0v) is 47.4. The second kappa shape index (κ2) is 18.1. The van der Waals surface area contributed by atoms with Crippen molar-refractivity contribution in [2.24, 2.45) is 0 Å². The highest BCUT2D eigenvalue weighted by Gasteiger charge is 2.48. The van der Waals surface area contributed by atoms with Gasteiger partial charge in [0, 0.05) is 50.0 Å². The first-order valence-electron chi connectivity index (χ1n) is 28.5. The van der Waals surface area contributed by atoms with Gasteiger partial charge in [0.1, 0.15) is 0 Å². The fraction of sp³-hybridized carbons (Fsp3) is 0.169. The SMILES string of the molecule is CC(C)(C)c1ccc(N(c2ccccc2)c2ccc3c(c2)C(c2ccccc2)(c2ccccc2)c2c-3ccc3cc4c5ccc(N(c6ccccc6)c6ccc(C(C)(C)C)cc6)c6c7cc(C(C)(C)C)ccc7n(c4cc23)c56)cc1. The summed E-state index contributed by atoms with van der Waals surface area (Å²) in [6.07, 6.45) is 0. The number of fused-ring (bicyclic) bond motifs is 11. The van der Waals surface area contributed by atoms with Gasteiger partial charge in [-0.05, 0) is 168 Å². The van der Waals surface area contributed by atoms with E-state index >= 15 is 0 Å². The van der Waals surface area contributed by atoms with Crippen LogP contribution in [0.4, 0.5) is 34.1 Å². The molecule has 80 heavy (non-hydrogen) atoms. The second-order valence-electron chi connectivity index (χ2n) is 25.4. The summed E-state index contributed by atoms with van der Waals surface area (Å²) in [5.41, 5.74) is 21.3. The van der Waals surface area contributed by atoms with E-state index in [1.807, 2.05) is 0 Å². The molecule has 0 unspecified atom stereocenters. The predicted octanol–water partition coefficient (Wildman–Crippen LogP) is 21.2. The Morgan fingerprint density at radius 1 is 0.338 bits per heavy atom. The normalized spacial score (nSPS) is 13.4. The molecule has 0 radical (unpaired) electrons. The number of rotatable bonds is 8. The van der Waals surface area contributed by atoms with Crippen LogP contribution >= 0.6 is 0 Å². The van der Waals surface area contributed by atoms with E-state index in [-0.39, 0.29) is 16.2 Å². The Bertz CT molecular complexity index is 4440. The Kier molecular flexibility index (Phi) is 11.1. The zero-order chi connectivity index (χ0) is 54.9. The van der Waals surface area contributed by atoms with Gasteiger partial charge in [-0.25, -0.2) is 0 Å². The number of hydrogen-bond donors (Lipinski definition) is 0. The third-order valence-corrected chi connectivity index (χ3v) is 17.4.